The zero-order valence-corrected chi connectivity index (χ0v) is 15.5. The van der Waals surface area contributed by atoms with Crippen LogP contribution in [0.4, 0.5) is 0 Å². The molecule has 0 fully saturated rings. The summed E-state index contributed by atoms with van der Waals surface area (Å²) in [6.45, 7) is 3.90. The van der Waals surface area contributed by atoms with Crippen LogP contribution in [0.2, 0.25) is 5.02 Å². The van der Waals surface area contributed by atoms with Crippen LogP contribution >= 0.6 is 11.6 Å². The number of benzene rings is 2. The van der Waals surface area contributed by atoms with E-state index in [1.807, 2.05) is 6.92 Å². The standard InChI is InChI=1S/C19H17ClN2O2S/c1-13-3-9-17(10-4-13)25(23,24)22-12-14(2)18(11-21)19(22)15-5-7-16(20)8-6-15/h3-10,19H,12H2,1-2H3/t19-/m1/s1. The van der Waals surface area contributed by atoms with Gasteiger partial charge in [-0.2, -0.15) is 9.57 Å². The van der Waals surface area contributed by atoms with Crippen LogP contribution in [-0.2, 0) is 10.0 Å². The Morgan fingerprint density at radius 2 is 1.68 bits per heavy atom. The van der Waals surface area contributed by atoms with E-state index in [2.05, 4.69) is 6.07 Å². The number of hydrogen-bond donors (Lipinski definition) is 0. The molecule has 1 atom stereocenters. The predicted molar refractivity (Wildman–Crippen MR) is 97.6 cm³/mol. The van der Waals surface area contributed by atoms with Gasteiger partial charge in [0.2, 0.25) is 10.0 Å². The second-order valence-electron chi connectivity index (χ2n) is 6.12. The molecule has 128 valence electrons. The molecular weight excluding hydrogens is 356 g/mol. The highest BCUT2D eigenvalue weighted by molar-refractivity contribution is 7.89. The Hall–Kier alpha value is -2.13. The van der Waals surface area contributed by atoms with Crippen LogP contribution in [0.3, 0.4) is 0 Å². The van der Waals surface area contributed by atoms with Crippen molar-refractivity contribution in [1.29, 1.82) is 5.26 Å². The summed E-state index contributed by atoms with van der Waals surface area (Å²) in [7, 11) is -3.73. The molecule has 0 saturated heterocycles. The number of rotatable bonds is 3. The SMILES string of the molecule is CC1=C(C#N)[C@@H](c2ccc(Cl)cc2)N(S(=O)(=O)c2ccc(C)cc2)C1. The predicted octanol–water partition coefficient (Wildman–Crippen LogP) is 4.23. The molecule has 1 aliphatic rings. The fourth-order valence-electron chi connectivity index (χ4n) is 2.99. The van der Waals surface area contributed by atoms with Gasteiger partial charge < -0.3 is 0 Å². The minimum absolute atomic E-state index is 0.201. The number of nitrogens with zero attached hydrogens (tertiary/aromatic N) is 2. The molecule has 25 heavy (non-hydrogen) atoms. The fraction of sp³-hybridized carbons (Fsp3) is 0.211. The molecule has 0 N–H and O–H groups in total. The van der Waals surface area contributed by atoms with E-state index in [0.29, 0.717) is 10.6 Å². The molecule has 0 amide bonds. The maximum absolute atomic E-state index is 13.2. The van der Waals surface area contributed by atoms with Gasteiger partial charge >= 0.3 is 0 Å². The van der Waals surface area contributed by atoms with Crippen molar-refractivity contribution in [2.24, 2.45) is 0 Å². The highest BCUT2D eigenvalue weighted by atomic mass is 35.5. The number of sulfonamides is 1. The van der Waals surface area contributed by atoms with E-state index in [0.717, 1.165) is 16.7 Å². The highest BCUT2D eigenvalue weighted by Crippen LogP contribution is 2.40. The summed E-state index contributed by atoms with van der Waals surface area (Å²) in [5, 5.41) is 10.1. The lowest BCUT2D eigenvalue weighted by Crippen LogP contribution is -2.32. The van der Waals surface area contributed by atoms with Crippen LogP contribution in [-0.4, -0.2) is 19.3 Å². The van der Waals surface area contributed by atoms with Crippen molar-refractivity contribution < 1.29 is 8.42 Å². The Balaban J connectivity index is 2.10. The average Bonchev–Trinajstić information content (AvgIpc) is 2.93. The Labute approximate surface area is 153 Å². The van der Waals surface area contributed by atoms with E-state index in [1.165, 1.54) is 4.31 Å². The zero-order valence-electron chi connectivity index (χ0n) is 13.9. The summed E-state index contributed by atoms with van der Waals surface area (Å²) in [5.41, 5.74) is 2.95. The smallest absolute Gasteiger partial charge is 0.207 e. The van der Waals surface area contributed by atoms with Crippen molar-refractivity contribution in [3.05, 3.63) is 75.8 Å². The van der Waals surface area contributed by atoms with E-state index < -0.39 is 16.1 Å². The van der Waals surface area contributed by atoms with Crippen LogP contribution in [0.1, 0.15) is 24.1 Å². The molecule has 0 unspecified atom stereocenters. The van der Waals surface area contributed by atoms with Crippen molar-refractivity contribution in [2.45, 2.75) is 24.8 Å². The molecule has 6 heteroatoms. The lowest BCUT2D eigenvalue weighted by molar-refractivity contribution is 0.411. The van der Waals surface area contributed by atoms with Gasteiger partial charge in [-0.25, -0.2) is 8.42 Å². The largest absolute Gasteiger partial charge is 0.244 e. The van der Waals surface area contributed by atoms with Crippen molar-refractivity contribution in [3.8, 4) is 6.07 Å². The molecule has 0 aliphatic carbocycles. The first-order valence-electron chi connectivity index (χ1n) is 7.78. The van der Waals surface area contributed by atoms with E-state index >= 15 is 0 Å². The summed E-state index contributed by atoms with van der Waals surface area (Å²) in [5.74, 6) is 0. The molecule has 0 aromatic heterocycles. The molecule has 1 heterocycles. The van der Waals surface area contributed by atoms with Crippen LogP contribution in [0.15, 0.2) is 64.6 Å². The first kappa shape index (κ1) is 17.7. The van der Waals surface area contributed by atoms with Crippen molar-refractivity contribution >= 4 is 21.6 Å². The normalized spacial score (nSPS) is 18.4. The summed E-state index contributed by atoms with van der Waals surface area (Å²) in [4.78, 5) is 0.226. The Morgan fingerprint density at radius 3 is 2.24 bits per heavy atom. The van der Waals surface area contributed by atoms with Crippen LogP contribution in [0.5, 0.6) is 0 Å². The van der Waals surface area contributed by atoms with Crippen LogP contribution in [0.25, 0.3) is 0 Å². The van der Waals surface area contributed by atoms with Gasteiger partial charge in [-0.05, 0) is 49.2 Å². The van der Waals surface area contributed by atoms with Gasteiger partial charge in [-0.15, -0.1) is 0 Å². The topological polar surface area (TPSA) is 61.2 Å². The second-order valence-corrected chi connectivity index (χ2v) is 8.45. The second kappa shape index (κ2) is 6.64. The summed E-state index contributed by atoms with van der Waals surface area (Å²) in [6.07, 6.45) is 0. The number of halogens is 1. The van der Waals surface area contributed by atoms with Gasteiger partial charge in [0.05, 0.1) is 22.6 Å². The van der Waals surface area contributed by atoms with Gasteiger partial charge in [-0.3, -0.25) is 0 Å². The Bertz CT molecular complexity index is 972. The molecule has 2 aromatic rings. The summed E-state index contributed by atoms with van der Waals surface area (Å²) in [6, 6.07) is 15.2. The van der Waals surface area contributed by atoms with Crippen LogP contribution < -0.4 is 0 Å². The zero-order chi connectivity index (χ0) is 18.2. The molecule has 4 nitrogen and oxygen atoms in total. The van der Waals surface area contributed by atoms with Gasteiger partial charge in [-0.1, -0.05) is 41.4 Å². The summed E-state index contributed by atoms with van der Waals surface area (Å²) < 4.78 is 27.7. The first-order valence-corrected chi connectivity index (χ1v) is 9.60. The number of aryl methyl sites for hydroxylation is 1. The third-order valence-corrected chi connectivity index (χ3v) is 6.43. The molecule has 0 saturated carbocycles. The molecule has 3 rings (SSSR count). The Kier molecular flexibility index (Phi) is 4.70. The number of hydrogen-bond acceptors (Lipinski definition) is 3. The van der Waals surface area contributed by atoms with Gasteiger partial charge in [0, 0.05) is 11.6 Å². The van der Waals surface area contributed by atoms with Gasteiger partial charge in [0.15, 0.2) is 0 Å². The third kappa shape index (κ3) is 3.21. The maximum Gasteiger partial charge on any atom is 0.244 e. The lowest BCUT2D eigenvalue weighted by Gasteiger charge is -2.25. The minimum Gasteiger partial charge on any atom is -0.207 e. The molecule has 0 spiro atoms. The molecule has 0 radical (unpaired) electrons. The lowest BCUT2D eigenvalue weighted by atomic mass is 10.00. The maximum atomic E-state index is 13.2. The number of nitriles is 1. The third-order valence-electron chi connectivity index (χ3n) is 4.35. The van der Waals surface area contributed by atoms with Crippen LogP contribution in [0, 0.1) is 18.3 Å². The fourth-order valence-corrected chi connectivity index (χ4v) is 4.74. The Morgan fingerprint density at radius 1 is 1.08 bits per heavy atom. The highest BCUT2D eigenvalue weighted by Gasteiger charge is 2.40. The molecular formula is C19H17ClN2O2S. The molecule has 1 aliphatic heterocycles. The van der Waals surface area contributed by atoms with E-state index in [4.69, 9.17) is 11.6 Å². The van der Waals surface area contributed by atoms with E-state index in [-0.39, 0.29) is 11.4 Å². The van der Waals surface area contributed by atoms with E-state index in [9.17, 15) is 13.7 Å². The summed E-state index contributed by atoms with van der Waals surface area (Å²) >= 11 is 5.95. The average molecular weight is 373 g/mol. The first-order chi connectivity index (χ1) is 11.8. The van der Waals surface area contributed by atoms with E-state index in [1.54, 1.807) is 55.5 Å². The quantitative estimate of drug-likeness (QED) is 0.809. The van der Waals surface area contributed by atoms with Crippen molar-refractivity contribution in [1.82, 2.24) is 4.31 Å². The molecule has 0 bridgehead atoms. The minimum atomic E-state index is -3.73. The van der Waals surface area contributed by atoms with Gasteiger partial charge in [0.1, 0.15) is 0 Å². The van der Waals surface area contributed by atoms with Gasteiger partial charge in [0.25, 0.3) is 0 Å². The monoisotopic (exact) mass is 372 g/mol. The van der Waals surface area contributed by atoms with Crippen molar-refractivity contribution in [3.63, 3.8) is 0 Å². The molecule has 2 aromatic carbocycles. The van der Waals surface area contributed by atoms with Crippen molar-refractivity contribution in [2.75, 3.05) is 6.54 Å².